The number of fused-ring (bicyclic) bond motifs is 2. The molecule has 4 saturated carbocycles. The number of benzene rings is 1. The summed E-state index contributed by atoms with van der Waals surface area (Å²) in [5, 5.41) is 37.1. The first kappa shape index (κ1) is 30.4. The number of rotatable bonds is 9. The van der Waals surface area contributed by atoms with E-state index >= 15 is 0 Å². The van der Waals surface area contributed by atoms with Gasteiger partial charge < -0.3 is 43.7 Å². The van der Waals surface area contributed by atoms with Crippen LogP contribution in [0.25, 0.3) is 0 Å². The molecule has 11 heteroatoms. The Morgan fingerprint density at radius 2 is 1.77 bits per heavy atom. The normalized spacial score (nSPS) is 47.9. The third kappa shape index (κ3) is 3.44. The Bertz CT molecular complexity index is 1360. The lowest BCUT2D eigenvalue weighted by molar-refractivity contribution is -0.288. The van der Waals surface area contributed by atoms with Crippen LogP contribution in [0.5, 0.6) is 11.5 Å². The van der Waals surface area contributed by atoms with Crippen LogP contribution in [-0.4, -0.2) is 123 Å². The molecule has 3 N–H and O–H groups in total. The van der Waals surface area contributed by atoms with Gasteiger partial charge in [0.25, 0.3) is 0 Å². The van der Waals surface area contributed by atoms with Crippen LogP contribution in [0.4, 0.5) is 0 Å². The van der Waals surface area contributed by atoms with E-state index < -0.39 is 58.1 Å². The minimum atomic E-state index is -1.50. The number of hydrogen-bond donors (Lipinski definition) is 3. The molecular weight excluding hydrogens is 570 g/mol. The number of methoxy groups -OCH3 is 5. The second kappa shape index (κ2) is 10.1. The smallest absolute Gasteiger partial charge is 0.338 e. The minimum absolute atomic E-state index is 0.150. The molecule has 7 bridgehead atoms. The number of esters is 1. The number of piperidine rings is 1. The molecule has 1 heterocycles. The Morgan fingerprint density at radius 3 is 2.41 bits per heavy atom. The summed E-state index contributed by atoms with van der Waals surface area (Å²) in [7, 11) is 8.03. The van der Waals surface area contributed by atoms with Gasteiger partial charge in [0.1, 0.15) is 11.7 Å². The SMILES string of the molecule is CCN1CC2(COC)C(O)CC(OC)C34C5CC6(O)C=CC(O)(C5C6OC(=O)c5ccc(OC)c(OC)c5)C(C(OC)C23)C14. The fourth-order valence-electron chi connectivity index (χ4n) is 11.4. The van der Waals surface area contributed by atoms with E-state index in [0.717, 1.165) is 0 Å². The zero-order valence-electron chi connectivity index (χ0n) is 26.3. The summed E-state index contributed by atoms with van der Waals surface area (Å²) in [4.78, 5) is 16.1. The molecule has 13 unspecified atom stereocenters. The zero-order valence-corrected chi connectivity index (χ0v) is 26.3. The highest BCUT2D eigenvalue weighted by molar-refractivity contribution is 5.90. The maximum Gasteiger partial charge on any atom is 0.338 e. The maximum atomic E-state index is 13.7. The second-order valence-corrected chi connectivity index (χ2v) is 13.8. The van der Waals surface area contributed by atoms with Crippen molar-refractivity contribution in [1.82, 2.24) is 4.90 Å². The monoisotopic (exact) mass is 615 g/mol. The van der Waals surface area contributed by atoms with Gasteiger partial charge in [0.15, 0.2) is 11.5 Å². The van der Waals surface area contributed by atoms with Gasteiger partial charge >= 0.3 is 5.97 Å². The lowest BCUT2D eigenvalue weighted by Crippen LogP contribution is -2.78. The first-order valence-corrected chi connectivity index (χ1v) is 15.6. The van der Waals surface area contributed by atoms with E-state index in [9.17, 15) is 20.1 Å². The predicted molar refractivity (Wildman–Crippen MR) is 156 cm³/mol. The van der Waals surface area contributed by atoms with Crippen LogP contribution < -0.4 is 9.47 Å². The molecular formula is C33H45NO10. The number of likely N-dealkylation sites (tertiary alicyclic amines) is 1. The van der Waals surface area contributed by atoms with Crippen LogP contribution in [0.1, 0.15) is 30.1 Å². The van der Waals surface area contributed by atoms with Gasteiger partial charge in [-0.05, 0) is 37.1 Å². The van der Waals surface area contributed by atoms with Crippen molar-refractivity contribution in [2.75, 3.05) is 55.2 Å². The molecule has 6 aliphatic rings. The Hall–Kier alpha value is -2.25. The summed E-state index contributed by atoms with van der Waals surface area (Å²) >= 11 is 0. The highest BCUT2D eigenvalue weighted by Crippen LogP contribution is 2.79. The maximum absolute atomic E-state index is 13.7. The molecule has 5 aliphatic carbocycles. The van der Waals surface area contributed by atoms with Gasteiger partial charge in [0.05, 0.1) is 50.3 Å². The van der Waals surface area contributed by atoms with Crippen molar-refractivity contribution >= 4 is 5.97 Å². The molecule has 1 aromatic rings. The van der Waals surface area contributed by atoms with Crippen LogP contribution in [0, 0.1) is 34.5 Å². The van der Waals surface area contributed by atoms with Crippen LogP contribution >= 0.6 is 0 Å². The molecule has 0 radical (unpaired) electrons. The van der Waals surface area contributed by atoms with Gasteiger partial charge in [-0.25, -0.2) is 4.79 Å². The molecule has 1 aliphatic heterocycles. The van der Waals surface area contributed by atoms with E-state index in [1.807, 2.05) is 0 Å². The number of carbonyl (C=O) groups is 1. The molecule has 7 rings (SSSR count). The van der Waals surface area contributed by atoms with Gasteiger partial charge in [0.2, 0.25) is 0 Å². The molecule has 1 aromatic carbocycles. The molecule has 44 heavy (non-hydrogen) atoms. The molecule has 0 aromatic heterocycles. The highest BCUT2D eigenvalue weighted by atomic mass is 16.6. The Kier molecular flexibility index (Phi) is 7.00. The molecule has 5 fully saturated rings. The van der Waals surface area contributed by atoms with E-state index in [2.05, 4.69) is 11.8 Å². The van der Waals surface area contributed by atoms with E-state index in [-0.39, 0.29) is 36.0 Å². The largest absolute Gasteiger partial charge is 0.493 e. The van der Waals surface area contributed by atoms with Crippen molar-refractivity contribution in [2.24, 2.45) is 34.5 Å². The van der Waals surface area contributed by atoms with Crippen LogP contribution in [0.3, 0.4) is 0 Å². The van der Waals surface area contributed by atoms with E-state index in [1.54, 1.807) is 51.7 Å². The van der Waals surface area contributed by atoms with Gasteiger partial charge in [-0.2, -0.15) is 0 Å². The number of nitrogens with zero attached hydrogens (tertiary/aromatic N) is 1. The van der Waals surface area contributed by atoms with Crippen LogP contribution in [0.15, 0.2) is 30.4 Å². The van der Waals surface area contributed by atoms with Crippen LogP contribution in [-0.2, 0) is 18.9 Å². The summed E-state index contributed by atoms with van der Waals surface area (Å²) in [6, 6.07) is 4.63. The average molecular weight is 616 g/mol. The minimum Gasteiger partial charge on any atom is -0.493 e. The van der Waals surface area contributed by atoms with Gasteiger partial charge in [-0.15, -0.1) is 0 Å². The Labute approximate surface area is 258 Å². The molecule has 1 saturated heterocycles. The number of aliphatic hydroxyl groups excluding tert-OH is 1. The average Bonchev–Trinajstić information content (AvgIpc) is 3.39. The third-order valence-corrected chi connectivity index (χ3v) is 12.6. The molecule has 13 atom stereocenters. The predicted octanol–water partition coefficient (Wildman–Crippen LogP) is 1.27. The molecule has 11 nitrogen and oxygen atoms in total. The van der Waals surface area contributed by atoms with Crippen molar-refractivity contribution in [3.63, 3.8) is 0 Å². The third-order valence-electron chi connectivity index (χ3n) is 12.6. The topological polar surface area (TPSA) is 136 Å². The Morgan fingerprint density at radius 1 is 1.02 bits per heavy atom. The number of aliphatic hydroxyl groups is 3. The first-order chi connectivity index (χ1) is 21.1. The Balaban J connectivity index is 1.38. The fourth-order valence-corrected chi connectivity index (χ4v) is 11.4. The van der Waals surface area contributed by atoms with Crippen LogP contribution in [0.2, 0.25) is 0 Å². The summed E-state index contributed by atoms with van der Waals surface area (Å²) < 4.78 is 35.5. The van der Waals surface area contributed by atoms with Crippen molar-refractivity contribution in [2.45, 2.75) is 61.4 Å². The van der Waals surface area contributed by atoms with Gasteiger partial charge in [0, 0.05) is 68.9 Å². The van der Waals surface area contributed by atoms with Crippen molar-refractivity contribution < 1.29 is 48.5 Å². The van der Waals surface area contributed by atoms with E-state index in [0.29, 0.717) is 37.6 Å². The number of carbonyl (C=O) groups excluding carboxylic acids is 1. The second-order valence-electron chi connectivity index (χ2n) is 13.8. The fraction of sp³-hybridized carbons (Fsp3) is 0.727. The van der Waals surface area contributed by atoms with E-state index in [1.165, 1.54) is 14.2 Å². The summed E-state index contributed by atoms with van der Waals surface area (Å²) in [5.41, 5.74) is -4.01. The molecule has 242 valence electrons. The first-order valence-electron chi connectivity index (χ1n) is 15.6. The van der Waals surface area contributed by atoms with Gasteiger partial charge in [-0.1, -0.05) is 19.1 Å². The number of ether oxygens (including phenoxy) is 6. The summed E-state index contributed by atoms with van der Waals surface area (Å²) in [5.74, 6) is -1.37. The summed E-state index contributed by atoms with van der Waals surface area (Å²) in [6.45, 7) is 3.71. The molecule has 1 spiro atoms. The molecule has 0 amide bonds. The van der Waals surface area contributed by atoms with Gasteiger partial charge in [-0.3, -0.25) is 4.90 Å². The summed E-state index contributed by atoms with van der Waals surface area (Å²) in [6.07, 6.45) is 1.49. The standard InChI is InChI=1S/C33H45NO10/c1-7-34-15-30(16-39-2)21(35)13-22(42-5)33-18-14-31(37)10-11-32(38,24(27(33)34)25(43-6)26(30)33)23(18)28(31)44-29(36)17-8-9-19(40-3)20(12-17)41-4/h8-12,18,21-28,35,37-38H,7,13-16H2,1-6H3. The lowest BCUT2D eigenvalue weighted by Gasteiger charge is -2.69. The lowest BCUT2D eigenvalue weighted by atomic mass is 9.42. The van der Waals surface area contributed by atoms with Crippen molar-refractivity contribution in [3.8, 4) is 11.5 Å². The van der Waals surface area contributed by atoms with Crippen molar-refractivity contribution in [1.29, 1.82) is 0 Å². The zero-order chi connectivity index (χ0) is 31.4. The van der Waals surface area contributed by atoms with Crippen molar-refractivity contribution in [3.05, 3.63) is 35.9 Å². The van der Waals surface area contributed by atoms with E-state index in [4.69, 9.17) is 28.4 Å². The highest BCUT2D eigenvalue weighted by Gasteiger charge is 2.88. The quantitative estimate of drug-likeness (QED) is 0.274. The number of hydrogen-bond acceptors (Lipinski definition) is 11.